The van der Waals surface area contributed by atoms with Crippen molar-refractivity contribution in [3.63, 3.8) is 0 Å². The molecule has 0 unspecified atom stereocenters. The number of pyridine rings is 2. The molecule has 1 saturated carbocycles. The van der Waals surface area contributed by atoms with Crippen LogP contribution in [-0.4, -0.2) is 40.8 Å². The number of anilines is 2. The molecule has 0 aliphatic heterocycles. The van der Waals surface area contributed by atoms with Gasteiger partial charge in [0.15, 0.2) is 17.2 Å². The van der Waals surface area contributed by atoms with Gasteiger partial charge in [-0.3, -0.25) is 9.78 Å². The highest BCUT2D eigenvalue weighted by atomic mass is 35.5. The van der Waals surface area contributed by atoms with Crippen LogP contribution >= 0.6 is 11.6 Å². The molecular formula is C25H27ClN8O3. The summed E-state index contributed by atoms with van der Waals surface area (Å²) in [4.78, 5) is 30.4. The average molecular weight is 523 g/mol. The number of rotatable bonds is 9. The summed E-state index contributed by atoms with van der Waals surface area (Å²) in [7, 11) is 1.77. The Kier molecular flexibility index (Phi) is 6.81. The Morgan fingerprint density at radius 1 is 1.35 bits per heavy atom. The molecule has 0 aromatic carbocycles. The number of nitrogens with two attached hydrogens (primary N) is 1. The van der Waals surface area contributed by atoms with Crippen LogP contribution < -0.4 is 21.3 Å². The number of aryl methyl sites for hydroxylation is 1. The van der Waals surface area contributed by atoms with Crippen LogP contribution in [0.1, 0.15) is 36.9 Å². The molecule has 1 fully saturated rings. The number of aliphatic hydroxyl groups excluding tert-OH is 1. The molecule has 1 aliphatic carbocycles. The van der Waals surface area contributed by atoms with Crippen molar-refractivity contribution in [2.45, 2.75) is 32.2 Å². The van der Waals surface area contributed by atoms with Gasteiger partial charge in [-0.05, 0) is 36.3 Å². The third kappa shape index (κ3) is 5.00. The molecule has 5 rings (SSSR count). The van der Waals surface area contributed by atoms with Crippen molar-refractivity contribution >= 4 is 40.2 Å². The Bertz CT molecular complexity index is 1530. The average Bonchev–Trinajstić information content (AvgIpc) is 3.71. The molecule has 0 spiro atoms. The van der Waals surface area contributed by atoms with E-state index in [0.29, 0.717) is 41.0 Å². The van der Waals surface area contributed by atoms with Gasteiger partial charge in [-0.15, -0.1) is 0 Å². The fourth-order valence-corrected chi connectivity index (χ4v) is 4.35. The van der Waals surface area contributed by atoms with Crippen LogP contribution in [-0.2, 0) is 13.6 Å². The predicted molar refractivity (Wildman–Crippen MR) is 141 cm³/mol. The summed E-state index contributed by atoms with van der Waals surface area (Å²) in [6.07, 6.45) is 11.4. The van der Waals surface area contributed by atoms with E-state index in [1.54, 1.807) is 22.4 Å². The molecule has 37 heavy (non-hydrogen) atoms. The summed E-state index contributed by atoms with van der Waals surface area (Å²) in [5.74, 6) is 1.32. The number of aliphatic hydroxyl groups is 1. The first-order valence-corrected chi connectivity index (χ1v) is 12.3. The lowest BCUT2D eigenvalue weighted by Crippen LogP contribution is -2.26. The van der Waals surface area contributed by atoms with E-state index in [4.69, 9.17) is 22.1 Å². The van der Waals surface area contributed by atoms with Crippen molar-refractivity contribution in [3.05, 3.63) is 69.9 Å². The number of nitrogens with zero attached hydrogens (tertiary/aromatic N) is 6. The highest BCUT2D eigenvalue weighted by molar-refractivity contribution is 6.36. The zero-order valence-corrected chi connectivity index (χ0v) is 21.2. The number of hydrogen-bond acceptors (Lipinski definition) is 9. The van der Waals surface area contributed by atoms with E-state index >= 15 is 0 Å². The number of nitrogens with one attached hydrogen (secondary N) is 1. The molecule has 4 aromatic rings. The lowest BCUT2D eigenvalue weighted by atomic mass is 10.1. The summed E-state index contributed by atoms with van der Waals surface area (Å²) in [6.45, 7) is 2.32. The van der Waals surface area contributed by atoms with Crippen LogP contribution in [0.2, 0.25) is 5.02 Å². The first-order valence-electron chi connectivity index (χ1n) is 11.9. The second kappa shape index (κ2) is 10.2. The molecular weight excluding hydrogens is 496 g/mol. The van der Waals surface area contributed by atoms with E-state index in [0.717, 1.165) is 18.4 Å². The minimum absolute atomic E-state index is 0.0000918. The minimum Gasteiger partial charge on any atom is -0.450 e. The molecule has 1 aliphatic rings. The fraction of sp³-hybridized carbons (Fsp3) is 0.320. The number of fused-ring (bicyclic) bond motifs is 1. The van der Waals surface area contributed by atoms with Crippen LogP contribution in [0.5, 0.6) is 5.75 Å². The van der Waals surface area contributed by atoms with Gasteiger partial charge in [0, 0.05) is 45.0 Å². The van der Waals surface area contributed by atoms with E-state index in [2.05, 4.69) is 25.3 Å². The molecule has 4 aromatic heterocycles. The Balaban J connectivity index is 1.49. The normalized spacial score (nSPS) is 14.6. The summed E-state index contributed by atoms with van der Waals surface area (Å²) in [6, 6.07) is 1.88. The summed E-state index contributed by atoms with van der Waals surface area (Å²) in [5, 5.41) is 12.9. The third-order valence-corrected chi connectivity index (χ3v) is 6.58. The highest BCUT2D eigenvalue weighted by Crippen LogP contribution is 2.40. The standard InChI is InChI=1S/C25H27ClN8O3/c1-14(13-35)11-34-12-16(15-3-4-15)7-17(24(34)36)31-25-32-23-22(33(25)2)21(26)20(10-30-23)37-19(8-27)18-9-28-5-6-29-18/h5-10,12,14-15,35H,3-4,11,13,27H2,1-2H3,(H,30,31,32)/b19-8+/t14-/m1/s1. The topological polar surface area (TPSA) is 146 Å². The highest BCUT2D eigenvalue weighted by Gasteiger charge is 2.26. The van der Waals surface area contributed by atoms with E-state index in [-0.39, 0.29) is 34.6 Å². The molecule has 12 heteroatoms. The molecule has 192 valence electrons. The van der Waals surface area contributed by atoms with Crippen molar-refractivity contribution in [2.75, 3.05) is 11.9 Å². The quantitative estimate of drug-likeness (QED) is 0.282. The molecule has 11 nitrogen and oxygen atoms in total. The van der Waals surface area contributed by atoms with Gasteiger partial charge >= 0.3 is 0 Å². The zero-order chi connectivity index (χ0) is 26.1. The Labute approximate surface area is 217 Å². The van der Waals surface area contributed by atoms with Crippen molar-refractivity contribution < 1.29 is 9.84 Å². The van der Waals surface area contributed by atoms with Gasteiger partial charge in [0.25, 0.3) is 5.56 Å². The molecule has 0 amide bonds. The maximum atomic E-state index is 13.2. The van der Waals surface area contributed by atoms with Crippen LogP contribution in [0.25, 0.3) is 16.9 Å². The monoisotopic (exact) mass is 522 g/mol. The van der Waals surface area contributed by atoms with Gasteiger partial charge in [-0.2, -0.15) is 4.98 Å². The fourth-order valence-electron chi connectivity index (χ4n) is 4.05. The molecule has 0 radical (unpaired) electrons. The van der Waals surface area contributed by atoms with Crippen LogP contribution in [0.15, 0.2) is 48.0 Å². The number of ether oxygens (including phenoxy) is 1. The lowest BCUT2D eigenvalue weighted by molar-refractivity contribution is 0.222. The van der Waals surface area contributed by atoms with Crippen molar-refractivity contribution in [2.24, 2.45) is 18.7 Å². The maximum absolute atomic E-state index is 13.2. The third-order valence-electron chi connectivity index (χ3n) is 6.21. The van der Waals surface area contributed by atoms with Crippen LogP contribution in [0.4, 0.5) is 11.6 Å². The second-order valence-corrected chi connectivity index (χ2v) is 9.54. The van der Waals surface area contributed by atoms with Gasteiger partial charge in [-0.1, -0.05) is 18.5 Å². The summed E-state index contributed by atoms with van der Waals surface area (Å²) in [5.41, 5.74) is 8.38. The largest absolute Gasteiger partial charge is 0.450 e. The smallest absolute Gasteiger partial charge is 0.274 e. The van der Waals surface area contributed by atoms with Crippen molar-refractivity contribution in [3.8, 4) is 5.75 Å². The number of hydrogen-bond donors (Lipinski definition) is 3. The Morgan fingerprint density at radius 2 is 2.16 bits per heavy atom. The first-order chi connectivity index (χ1) is 17.9. The number of halogens is 1. The van der Waals surface area contributed by atoms with Crippen molar-refractivity contribution in [1.82, 2.24) is 29.1 Å². The van der Waals surface area contributed by atoms with Crippen LogP contribution in [0.3, 0.4) is 0 Å². The van der Waals surface area contributed by atoms with Gasteiger partial charge in [0.1, 0.15) is 21.9 Å². The van der Waals surface area contributed by atoms with E-state index in [1.165, 1.54) is 24.8 Å². The van der Waals surface area contributed by atoms with Gasteiger partial charge in [-0.25, -0.2) is 9.97 Å². The molecule has 4 N–H and O–H groups in total. The van der Waals surface area contributed by atoms with Crippen LogP contribution in [0, 0.1) is 5.92 Å². The van der Waals surface area contributed by atoms with Crippen molar-refractivity contribution in [1.29, 1.82) is 0 Å². The maximum Gasteiger partial charge on any atom is 0.274 e. The molecule has 4 heterocycles. The zero-order valence-electron chi connectivity index (χ0n) is 20.4. The molecule has 1 atom stereocenters. The van der Waals surface area contributed by atoms with E-state index < -0.39 is 0 Å². The Morgan fingerprint density at radius 3 is 2.84 bits per heavy atom. The second-order valence-electron chi connectivity index (χ2n) is 9.16. The Hall–Kier alpha value is -3.96. The number of aromatic nitrogens is 6. The molecule has 0 bridgehead atoms. The van der Waals surface area contributed by atoms with E-state index in [1.807, 2.05) is 19.2 Å². The van der Waals surface area contributed by atoms with Gasteiger partial charge in [0.05, 0.1) is 12.4 Å². The number of imidazole rings is 1. The minimum atomic E-state index is -0.193. The predicted octanol–water partition coefficient (Wildman–Crippen LogP) is 3.16. The first kappa shape index (κ1) is 24.7. The summed E-state index contributed by atoms with van der Waals surface area (Å²) >= 11 is 6.71. The lowest BCUT2D eigenvalue weighted by Gasteiger charge is -2.15. The van der Waals surface area contributed by atoms with E-state index in [9.17, 15) is 9.90 Å². The van der Waals surface area contributed by atoms with Gasteiger partial charge in [0.2, 0.25) is 5.95 Å². The van der Waals surface area contributed by atoms with Gasteiger partial charge < -0.3 is 30.0 Å². The molecule has 0 saturated heterocycles. The summed E-state index contributed by atoms with van der Waals surface area (Å²) < 4.78 is 9.28. The SMILES string of the molecule is C[C@@H](CO)Cn1cc(C2CC2)cc(Nc2nc3ncc(O/C(=C/N)c4cnccn4)c(Cl)c3n2C)c1=O.